The van der Waals surface area contributed by atoms with Gasteiger partial charge in [0.2, 0.25) is 6.79 Å². The number of hydrogen-bond donors (Lipinski definition) is 1. The molecule has 20 heavy (non-hydrogen) atoms. The Kier molecular flexibility index (Phi) is 3.15. The monoisotopic (exact) mass is 293 g/mol. The fraction of sp³-hybridized carbons (Fsp3) is 0.250. The van der Waals surface area contributed by atoms with Gasteiger partial charge in [-0.25, -0.2) is 4.98 Å². The molecule has 0 unspecified atom stereocenters. The fourth-order valence-corrected chi connectivity index (χ4v) is 2.63. The molecule has 1 aromatic carbocycles. The summed E-state index contributed by atoms with van der Waals surface area (Å²) in [6, 6.07) is 2.97. The number of nitro benzene ring substituents is 1. The molecular weight excluding hydrogens is 282 g/mol. The normalized spacial score (nSPS) is 12.4. The summed E-state index contributed by atoms with van der Waals surface area (Å²) in [6.07, 6.45) is 1.76. The number of nitro groups is 1. The number of rotatable bonds is 4. The highest BCUT2D eigenvalue weighted by Gasteiger charge is 2.23. The van der Waals surface area contributed by atoms with Crippen molar-refractivity contribution in [3.63, 3.8) is 0 Å². The van der Waals surface area contributed by atoms with Crippen LogP contribution < -0.4 is 14.8 Å². The van der Waals surface area contributed by atoms with Gasteiger partial charge in [-0.2, -0.15) is 0 Å². The van der Waals surface area contributed by atoms with Gasteiger partial charge in [0.25, 0.3) is 5.69 Å². The molecule has 2 heterocycles. The molecule has 0 spiro atoms. The molecule has 0 fully saturated rings. The molecule has 1 aliphatic heterocycles. The van der Waals surface area contributed by atoms with E-state index in [9.17, 15) is 10.1 Å². The van der Waals surface area contributed by atoms with E-state index in [2.05, 4.69) is 10.3 Å². The van der Waals surface area contributed by atoms with Crippen molar-refractivity contribution in [3.05, 3.63) is 38.3 Å². The highest BCUT2D eigenvalue weighted by molar-refractivity contribution is 7.11. The Bertz CT molecular complexity index is 671. The summed E-state index contributed by atoms with van der Waals surface area (Å²) in [5.74, 6) is 0.912. The third-order valence-corrected chi connectivity index (χ3v) is 3.72. The molecule has 1 N–H and O–H groups in total. The van der Waals surface area contributed by atoms with E-state index in [1.165, 1.54) is 6.07 Å². The summed E-state index contributed by atoms with van der Waals surface area (Å²) in [6.45, 7) is 2.48. The van der Waals surface area contributed by atoms with Crippen LogP contribution in [0.2, 0.25) is 0 Å². The molecule has 2 aromatic rings. The summed E-state index contributed by atoms with van der Waals surface area (Å²) in [5, 5.41) is 15.1. The van der Waals surface area contributed by atoms with Crippen LogP contribution in [-0.4, -0.2) is 16.7 Å². The number of aromatic nitrogens is 1. The lowest BCUT2D eigenvalue weighted by Crippen LogP contribution is -2.01. The number of anilines is 1. The molecule has 0 saturated carbocycles. The van der Waals surface area contributed by atoms with Gasteiger partial charge in [-0.05, 0) is 6.92 Å². The quantitative estimate of drug-likeness (QED) is 0.689. The van der Waals surface area contributed by atoms with E-state index in [0.717, 1.165) is 9.88 Å². The molecular formula is C12H11N3O4S. The third kappa shape index (κ3) is 2.37. The standard InChI is InChI=1S/C12H11N3O4S/c1-7-13-4-8(20-7)5-14-9-2-11-12(19-6-18-11)3-10(9)15(16)17/h2-4,14H,5-6H2,1H3. The highest BCUT2D eigenvalue weighted by Crippen LogP contribution is 2.40. The number of nitrogens with zero attached hydrogens (tertiary/aromatic N) is 2. The molecule has 1 aromatic heterocycles. The molecule has 0 amide bonds. The second-order valence-electron chi connectivity index (χ2n) is 4.18. The first-order valence-electron chi connectivity index (χ1n) is 5.86. The fourth-order valence-electron chi connectivity index (χ4n) is 1.89. The van der Waals surface area contributed by atoms with Gasteiger partial charge in [0, 0.05) is 17.1 Å². The van der Waals surface area contributed by atoms with Crippen molar-refractivity contribution < 1.29 is 14.4 Å². The number of aryl methyl sites for hydroxylation is 1. The minimum Gasteiger partial charge on any atom is -0.454 e. The Balaban J connectivity index is 1.86. The van der Waals surface area contributed by atoms with E-state index < -0.39 is 4.92 Å². The summed E-state index contributed by atoms with van der Waals surface area (Å²) in [7, 11) is 0. The zero-order chi connectivity index (χ0) is 14.1. The number of thiazole rings is 1. The highest BCUT2D eigenvalue weighted by atomic mass is 32.1. The molecule has 0 radical (unpaired) electrons. The minimum atomic E-state index is -0.442. The third-order valence-electron chi connectivity index (χ3n) is 2.81. The molecule has 8 heteroatoms. The lowest BCUT2D eigenvalue weighted by Gasteiger charge is -2.06. The SMILES string of the molecule is Cc1ncc(CNc2cc3c(cc2[N+](=O)[O-])OCO3)s1. The van der Waals surface area contributed by atoms with Gasteiger partial charge in [0.1, 0.15) is 5.69 Å². The minimum absolute atomic E-state index is 0.0320. The number of ether oxygens (including phenoxy) is 2. The smallest absolute Gasteiger partial charge is 0.296 e. The van der Waals surface area contributed by atoms with Crippen LogP contribution in [0.25, 0.3) is 0 Å². The van der Waals surface area contributed by atoms with Crippen LogP contribution in [0.1, 0.15) is 9.88 Å². The largest absolute Gasteiger partial charge is 0.454 e. The first-order chi connectivity index (χ1) is 9.63. The number of nitrogens with one attached hydrogen (secondary N) is 1. The zero-order valence-electron chi connectivity index (χ0n) is 10.6. The Morgan fingerprint density at radius 2 is 2.20 bits per heavy atom. The first-order valence-corrected chi connectivity index (χ1v) is 6.68. The second kappa shape index (κ2) is 4.97. The maximum Gasteiger partial charge on any atom is 0.296 e. The van der Waals surface area contributed by atoms with Crippen molar-refractivity contribution in [1.82, 2.24) is 4.98 Å². The summed E-state index contributed by atoms with van der Waals surface area (Å²) >= 11 is 1.55. The van der Waals surface area contributed by atoms with E-state index in [1.807, 2.05) is 6.92 Å². The molecule has 104 valence electrons. The Hall–Kier alpha value is -2.35. The predicted octanol–water partition coefficient (Wildman–Crippen LogP) is 2.70. The van der Waals surface area contributed by atoms with Crippen molar-refractivity contribution in [1.29, 1.82) is 0 Å². The Labute approximate surface area is 118 Å². The molecule has 7 nitrogen and oxygen atoms in total. The van der Waals surface area contributed by atoms with Gasteiger partial charge < -0.3 is 14.8 Å². The van der Waals surface area contributed by atoms with Crippen molar-refractivity contribution in [2.45, 2.75) is 13.5 Å². The van der Waals surface area contributed by atoms with Crippen LogP contribution in [0.3, 0.4) is 0 Å². The molecule has 0 saturated heterocycles. The summed E-state index contributed by atoms with van der Waals surface area (Å²) in [4.78, 5) is 15.8. The zero-order valence-corrected chi connectivity index (χ0v) is 11.4. The van der Waals surface area contributed by atoms with Gasteiger partial charge in [0.05, 0.1) is 22.5 Å². The van der Waals surface area contributed by atoms with Crippen LogP contribution in [0.5, 0.6) is 11.5 Å². The van der Waals surface area contributed by atoms with Crippen molar-refractivity contribution in [3.8, 4) is 11.5 Å². The average molecular weight is 293 g/mol. The van der Waals surface area contributed by atoms with Crippen LogP contribution in [-0.2, 0) is 6.54 Å². The van der Waals surface area contributed by atoms with Gasteiger partial charge >= 0.3 is 0 Å². The lowest BCUT2D eigenvalue weighted by molar-refractivity contribution is -0.384. The van der Waals surface area contributed by atoms with Crippen molar-refractivity contribution in [2.75, 3.05) is 12.1 Å². The number of benzene rings is 1. The van der Waals surface area contributed by atoms with E-state index in [4.69, 9.17) is 9.47 Å². The predicted molar refractivity (Wildman–Crippen MR) is 73.4 cm³/mol. The van der Waals surface area contributed by atoms with Crippen LogP contribution in [0.15, 0.2) is 18.3 Å². The molecule has 0 aliphatic carbocycles. The van der Waals surface area contributed by atoms with Gasteiger partial charge in [0.15, 0.2) is 11.5 Å². The molecule has 0 bridgehead atoms. The summed E-state index contributed by atoms with van der Waals surface area (Å²) in [5.41, 5.74) is 0.376. The topological polar surface area (TPSA) is 86.5 Å². The van der Waals surface area contributed by atoms with Crippen molar-refractivity contribution in [2.24, 2.45) is 0 Å². The average Bonchev–Trinajstić information content (AvgIpc) is 3.03. The van der Waals surface area contributed by atoms with Crippen LogP contribution in [0.4, 0.5) is 11.4 Å². The number of fused-ring (bicyclic) bond motifs is 1. The van der Waals surface area contributed by atoms with Gasteiger partial charge in [-0.3, -0.25) is 10.1 Å². The van der Waals surface area contributed by atoms with Crippen molar-refractivity contribution >= 4 is 22.7 Å². The molecule has 0 atom stereocenters. The summed E-state index contributed by atoms with van der Waals surface area (Å²) < 4.78 is 10.4. The molecule has 3 rings (SSSR count). The maximum absolute atomic E-state index is 11.1. The lowest BCUT2D eigenvalue weighted by atomic mass is 10.2. The Morgan fingerprint density at radius 1 is 1.45 bits per heavy atom. The second-order valence-corrected chi connectivity index (χ2v) is 5.50. The first kappa shape index (κ1) is 12.7. The van der Waals surface area contributed by atoms with Gasteiger partial charge in [-0.1, -0.05) is 0 Å². The van der Waals surface area contributed by atoms with E-state index in [1.54, 1.807) is 23.6 Å². The van der Waals surface area contributed by atoms with E-state index in [-0.39, 0.29) is 12.5 Å². The Morgan fingerprint density at radius 3 is 2.85 bits per heavy atom. The van der Waals surface area contributed by atoms with Crippen LogP contribution in [0, 0.1) is 17.0 Å². The van der Waals surface area contributed by atoms with Gasteiger partial charge in [-0.15, -0.1) is 11.3 Å². The number of hydrogen-bond acceptors (Lipinski definition) is 7. The maximum atomic E-state index is 11.1. The van der Waals surface area contributed by atoms with E-state index in [0.29, 0.717) is 23.7 Å². The van der Waals surface area contributed by atoms with E-state index >= 15 is 0 Å². The van der Waals surface area contributed by atoms with Crippen LogP contribution >= 0.6 is 11.3 Å². The molecule has 1 aliphatic rings.